The summed E-state index contributed by atoms with van der Waals surface area (Å²) >= 11 is 5.71. The van der Waals surface area contributed by atoms with Gasteiger partial charge in [-0.3, -0.25) is 14.8 Å². The zero-order valence-electron chi connectivity index (χ0n) is 10.2. The monoisotopic (exact) mass is 282 g/mol. The molecule has 2 aromatic heterocycles. The number of hydrogen-bond donors (Lipinski definition) is 1. The first kappa shape index (κ1) is 13.2. The smallest absolute Gasteiger partial charge is 0.348 e. The van der Waals surface area contributed by atoms with Gasteiger partial charge in [0, 0.05) is 18.8 Å². The molecule has 1 N–H and O–H groups in total. The second kappa shape index (κ2) is 5.19. The number of nitrogens with one attached hydrogen (secondary N) is 1. The van der Waals surface area contributed by atoms with Crippen molar-refractivity contribution in [1.29, 1.82) is 0 Å². The quantitative estimate of drug-likeness (QED) is 0.523. The second-order valence-electron chi connectivity index (χ2n) is 3.93. The predicted molar refractivity (Wildman–Crippen MR) is 68.9 cm³/mol. The largest absolute Gasteiger partial charge is 0.358 e. The van der Waals surface area contributed by atoms with Gasteiger partial charge in [-0.05, 0) is 6.92 Å². The highest BCUT2D eigenvalue weighted by Gasteiger charge is 2.23. The van der Waals surface area contributed by atoms with Gasteiger partial charge in [-0.15, -0.1) is 0 Å². The molecule has 0 amide bonds. The van der Waals surface area contributed by atoms with E-state index in [1.807, 2.05) is 13.1 Å². The molecule has 2 aromatic rings. The first-order chi connectivity index (χ1) is 8.99. The van der Waals surface area contributed by atoms with Crippen LogP contribution in [0.4, 0.5) is 11.5 Å². The van der Waals surface area contributed by atoms with Gasteiger partial charge in [-0.1, -0.05) is 11.6 Å². The summed E-state index contributed by atoms with van der Waals surface area (Å²) in [4.78, 5) is 17.8. The highest BCUT2D eigenvalue weighted by molar-refractivity contribution is 6.31. The van der Waals surface area contributed by atoms with E-state index in [1.165, 1.54) is 6.33 Å². The Bertz CT molecular complexity index is 614. The number of nitrogens with zero attached hydrogens (tertiary/aromatic N) is 5. The molecule has 9 heteroatoms. The summed E-state index contributed by atoms with van der Waals surface area (Å²) in [6.07, 6.45) is 4.66. The van der Waals surface area contributed by atoms with Crippen molar-refractivity contribution in [3.63, 3.8) is 0 Å². The minimum absolute atomic E-state index is 0.0846. The van der Waals surface area contributed by atoms with Gasteiger partial charge < -0.3 is 5.32 Å². The van der Waals surface area contributed by atoms with Gasteiger partial charge in [0.15, 0.2) is 0 Å². The molecule has 0 bridgehead atoms. The van der Waals surface area contributed by atoms with E-state index in [4.69, 9.17) is 11.6 Å². The Morgan fingerprint density at radius 3 is 2.84 bits per heavy atom. The minimum Gasteiger partial charge on any atom is -0.358 e. The Morgan fingerprint density at radius 1 is 1.53 bits per heavy atom. The van der Waals surface area contributed by atoms with Crippen molar-refractivity contribution < 1.29 is 4.92 Å². The van der Waals surface area contributed by atoms with Crippen molar-refractivity contribution in [3.8, 4) is 0 Å². The lowest BCUT2D eigenvalue weighted by atomic mass is 10.2. The molecule has 2 rings (SSSR count). The van der Waals surface area contributed by atoms with Crippen molar-refractivity contribution in [2.45, 2.75) is 13.0 Å². The molecule has 8 nitrogen and oxygen atoms in total. The molecule has 0 aliphatic carbocycles. The summed E-state index contributed by atoms with van der Waals surface area (Å²) in [7, 11) is 1.79. The molecule has 0 saturated carbocycles. The highest BCUT2D eigenvalue weighted by Crippen LogP contribution is 2.30. The molecule has 0 saturated heterocycles. The average molecular weight is 283 g/mol. The highest BCUT2D eigenvalue weighted by atomic mass is 35.5. The van der Waals surface area contributed by atoms with Crippen LogP contribution in [0.3, 0.4) is 0 Å². The maximum atomic E-state index is 10.9. The fourth-order valence-electron chi connectivity index (χ4n) is 1.58. The van der Waals surface area contributed by atoms with E-state index in [0.29, 0.717) is 0 Å². The molecule has 0 aliphatic rings. The van der Waals surface area contributed by atoms with E-state index < -0.39 is 4.92 Å². The third kappa shape index (κ3) is 2.79. The number of aromatic nitrogens is 4. The van der Waals surface area contributed by atoms with Crippen molar-refractivity contribution in [2.24, 2.45) is 7.05 Å². The van der Waals surface area contributed by atoms with Crippen molar-refractivity contribution in [2.75, 3.05) is 5.32 Å². The third-order valence-corrected chi connectivity index (χ3v) is 2.81. The van der Waals surface area contributed by atoms with E-state index in [0.717, 1.165) is 5.56 Å². The first-order valence-electron chi connectivity index (χ1n) is 5.39. The molecule has 1 unspecified atom stereocenters. The first-order valence-corrected chi connectivity index (χ1v) is 5.76. The van der Waals surface area contributed by atoms with Gasteiger partial charge in [0.1, 0.15) is 6.33 Å². The van der Waals surface area contributed by atoms with Crippen LogP contribution in [0.5, 0.6) is 0 Å². The van der Waals surface area contributed by atoms with Crippen LogP contribution in [-0.4, -0.2) is 24.7 Å². The molecule has 1 atom stereocenters. The SMILES string of the molecule is CC(Nc1ncnc(Cl)c1[N+](=O)[O-])c1cnn(C)c1. The fourth-order valence-corrected chi connectivity index (χ4v) is 1.78. The van der Waals surface area contributed by atoms with Gasteiger partial charge >= 0.3 is 5.69 Å². The number of halogens is 1. The molecule has 0 aliphatic heterocycles. The maximum Gasteiger partial charge on any atom is 0.348 e. The van der Waals surface area contributed by atoms with Crippen LogP contribution in [0.2, 0.25) is 5.15 Å². The molecule has 2 heterocycles. The predicted octanol–water partition coefficient (Wildman–Crippen LogP) is 1.94. The van der Waals surface area contributed by atoms with Crippen LogP contribution < -0.4 is 5.32 Å². The van der Waals surface area contributed by atoms with E-state index in [2.05, 4.69) is 20.4 Å². The van der Waals surface area contributed by atoms with E-state index >= 15 is 0 Å². The molecule has 100 valence electrons. The molecule has 0 aromatic carbocycles. The molecule has 19 heavy (non-hydrogen) atoms. The summed E-state index contributed by atoms with van der Waals surface area (Å²) in [6, 6.07) is -0.196. The zero-order chi connectivity index (χ0) is 14.0. The van der Waals surface area contributed by atoms with Crippen LogP contribution in [0.15, 0.2) is 18.7 Å². The van der Waals surface area contributed by atoms with Gasteiger partial charge in [-0.2, -0.15) is 5.10 Å². The van der Waals surface area contributed by atoms with Crippen LogP contribution in [-0.2, 0) is 7.05 Å². The standard InChI is InChI=1S/C10H11ClN6O2/c1-6(7-3-14-16(2)4-7)15-10-8(17(18)19)9(11)12-5-13-10/h3-6H,1-2H3,(H,12,13,15). The Labute approximate surface area is 113 Å². The Balaban J connectivity index is 2.28. The Kier molecular flexibility index (Phi) is 3.61. The lowest BCUT2D eigenvalue weighted by Gasteiger charge is -2.12. The number of nitro groups is 1. The van der Waals surface area contributed by atoms with Crippen LogP contribution in [0.25, 0.3) is 0 Å². The van der Waals surface area contributed by atoms with Crippen molar-refractivity contribution in [1.82, 2.24) is 19.7 Å². The van der Waals surface area contributed by atoms with E-state index in [9.17, 15) is 10.1 Å². The molecule has 0 spiro atoms. The summed E-state index contributed by atoms with van der Waals surface area (Å²) in [5.41, 5.74) is 0.548. The number of rotatable bonds is 4. The zero-order valence-corrected chi connectivity index (χ0v) is 11.0. The summed E-state index contributed by atoms with van der Waals surface area (Å²) in [6.45, 7) is 1.84. The summed E-state index contributed by atoms with van der Waals surface area (Å²) in [5.74, 6) is 0.0846. The summed E-state index contributed by atoms with van der Waals surface area (Å²) < 4.78 is 1.65. The fraction of sp³-hybridized carbons (Fsp3) is 0.300. The maximum absolute atomic E-state index is 10.9. The molecular formula is C10H11ClN6O2. The van der Waals surface area contributed by atoms with Crippen LogP contribution in [0.1, 0.15) is 18.5 Å². The molecule has 0 fully saturated rings. The Hall–Kier alpha value is -2.22. The van der Waals surface area contributed by atoms with Crippen molar-refractivity contribution in [3.05, 3.63) is 39.6 Å². The lowest BCUT2D eigenvalue weighted by Crippen LogP contribution is -2.10. The second-order valence-corrected chi connectivity index (χ2v) is 4.29. The van der Waals surface area contributed by atoms with Gasteiger partial charge in [0.2, 0.25) is 11.0 Å². The Morgan fingerprint density at radius 2 is 2.26 bits per heavy atom. The van der Waals surface area contributed by atoms with Crippen molar-refractivity contribution >= 4 is 23.1 Å². The number of anilines is 1. The normalized spacial score (nSPS) is 12.2. The van der Waals surface area contributed by atoms with Crippen LogP contribution >= 0.6 is 11.6 Å². The van der Waals surface area contributed by atoms with E-state index in [-0.39, 0.29) is 22.7 Å². The van der Waals surface area contributed by atoms with Gasteiger partial charge in [-0.25, -0.2) is 9.97 Å². The van der Waals surface area contributed by atoms with Gasteiger partial charge in [0.25, 0.3) is 0 Å². The molecule has 0 radical (unpaired) electrons. The summed E-state index contributed by atoms with van der Waals surface area (Å²) in [5, 5.41) is 17.7. The topological polar surface area (TPSA) is 98.8 Å². The third-order valence-electron chi connectivity index (χ3n) is 2.54. The lowest BCUT2D eigenvalue weighted by molar-refractivity contribution is -0.384. The minimum atomic E-state index is -0.610. The average Bonchev–Trinajstić information content (AvgIpc) is 2.75. The number of aryl methyl sites for hydroxylation is 1. The van der Waals surface area contributed by atoms with E-state index in [1.54, 1.807) is 17.9 Å². The van der Waals surface area contributed by atoms with Crippen LogP contribution in [0, 0.1) is 10.1 Å². The number of hydrogen-bond acceptors (Lipinski definition) is 6. The van der Waals surface area contributed by atoms with Gasteiger partial charge in [0.05, 0.1) is 17.2 Å². The molecular weight excluding hydrogens is 272 g/mol.